The predicted octanol–water partition coefficient (Wildman–Crippen LogP) is 8.90. The number of phosphoric acid groups is 2. The van der Waals surface area contributed by atoms with Crippen molar-refractivity contribution in [3.8, 4) is 0 Å². The second-order valence-corrected chi connectivity index (χ2v) is 16.2. The Morgan fingerprint density at radius 1 is 0.591 bits per heavy atom. The van der Waals surface area contributed by atoms with E-state index in [2.05, 4.69) is 40.9 Å². The van der Waals surface area contributed by atoms with Crippen molar-refractivity contribution >= 4 is 23.2 Å². The predicted molar refractivity (Wildman–Crippen MR) is 176 cm³/mol. The summed E-state index contributed by atoms with van der Waals surface area (Å²) < 4.78 is 50.1. The highest BCUT2D eigenvalue weighted by atomic mass is 31.3. The smallest absolute Gasteiger partial charge is 0.352 e. The average Bonchev–Trinajstić information content (AvgIpc) is 2.81. The maximum atomic E-state index is 12.5. The first-order chi connectivity index (χ1) is 20.1. The van der Waals surface area contributed by atoms with Gasteiger partial charge < -0.3 is 24.7 Å². The third-order valence-corrected chi connectivity index (χ3v) is 10.1. The van der Waals surface area contributed by atoms with Gasteiger partial charge in [0.1, 0.15) is 0 Å². The van der Waals surface area contributed by atoms with E-state index in [1.807, 2.05) is 33.8 Å². The molecular formula is C30H53O11P3. The van der Waals surface area contributed by atoms with Gasteiger partial charge >= 0.3 is 23.2 Å². The molecular weight excluding hydrogens is 629 g/mol. The second kappa shape index (κ2) is 20.1. The molecule has 0 saturated heterocycles. The fraction of sp³-hybridized carbons (Fsp3) is 0.600. The first-order valence-electron chi connectivity index (χ1n) is 14.5. The fourth-order valence-electron chi connectivity index (χ4n) is 3.75. The van der Waals surface area contributed by atoms with Gasteiger partial charge in [-0.05, 0) is 113 Å². The molecule has 5 N–H and O–H groups in total. The van der Waals surface area contributed by atoms with Gasteiger partial charge in [0.25, 0.3) is 5.53 Å². The van der Waals surface area contributed by atoms with Gasteiger partial charge in [0.05, 0.1) is 6.61 Å². The molecule has 0 aromatic carbocycles. The van der Waals surface area contributed by atoms with E-state index in [-0.39, 0.29) is 12.0 Å². The molecule has 254 valence electrons. The minimum absolute atomic E-state index is 0.228. The molecule has 0 aromatic heterocycles. The Morgan fingerprint density at radius 2 is 0.977 bits per heavy atom. The molecule has 0 fully saturated rings. The number of hydrogen-bond acceptors (Lipinski definition) is 7. The minimum Gasteiger partial charge on any atom is -0.352 e. The van der Waals surface area contributed by atoms with Crippen molar-refractivity contribution < 1.29 is 51.7 Å². The van der Waals surface area contributed by atoms with Crippen molar-refractivity contribution in [3.63, 3.8) is 0 Å². The van der Waals surface area contributed by atoms with Crippen LogP contribution in [0, 0.1) is 0 Å². The van der Waals surface area contributed by atoms with Crippen LogP contribution in [0.3, 0.4) is 0 Å². The molecule has 0 aliphatic rings. The van der Waals surface area contributed by atoms with Crippen molar-refractivity contribution in [1.82, 2.24) is 0 Å². The van der Waals surface area contributed by atoms with E-state index in [1.165, 1.54) is 29.7 Å². The number of allylic oxidation sites excluding steroid dienone is 10. The zero-order valence-electron chi connectivity index (χ0n) is 27.4. The molecule has 0 spiro atoms. The quantitative estimate of drug-likeness (QED) is 0.0443. The lowest BCUT2D eigenvalue weighted by Gasteiger charge is -2.28. The monoisotopic (exact) mass is 682 g/mol. The first kappa shape index (κ1) is 42.8. The van der Waals surface area contributed by atoms with Crippen molar-refractivity contribution in [2.75, 3.05) is 6.61 Å². The maximum absolute atomic E-state index is 12.5. The summed E-state index contributed by atoms with van der Waals surface area (Å²) in [5.74, 6) is 0. The Morgan fingerprint density at radius 3 is 1.39 bits per heavy atom. The topological polar surface area (TPSA) is 180 Å². The second-order valence-electron chi connectivity index (χ2n) is 11.5. The van der Waals surface area contributed by atoms with E-state index in [0.717, 1.165) is 43.3 Å². The van der Waals surface area contributed by atoms with Gasteiger partial charge in [-0.15, -0.1) is 0 Å². The van der Waals surface area contributed by atoms with Crippen molar-refractivity contribution in [2.24, 2.45) is 0 Å². The highest BCUT2D eigenvalue weighted by molar-refractivity contribution is 7.62. The largest absolute Gasteiger partial charge is 0.484 e. The van der Waals surface area contributed by atoms with Crippen molar-refractivity contribution in [1.29, 1.82) is 0 Å². The van der Waals surface area contributed by atoms with Crippen LogP contribution in [0.2, 0.25) is 0 Å². The summed E-state index contributed by atoms with van der Waals surface area (Å²) >= 11 is 0. The number of phosphoric ester groups is 2. The van der Waals surface area contributed by atoms with Crippen LogP contribution in [0.15, 0.2) is 69.9 Å². The van der Waals surface area contributed by atoms with Crippen molar-refractivity contribution in [3.05, 3.63) is 69.9 Å². The molecule has 3 atom stereocenters. The number of rotatable bonds is 21. The van der Waals surface area contributed by atoms with Gasteiger partial charge in [0.15, 0.2) is 0 Å². The lowest BCUT2D eigenvalue weighted by Crippen LogP contribution is -2.29. The van der Waals surface area contributed by atoms with Gasteiger partial charge in [0, 0.05) is 0 Å². The van der Waals surface area contributed by atoms with E-state index in [1.54, 1.807) is 6.92 Å². The Hall–Kier alpha value is -1.19. The zero-order valence-corrected chi connectivity index (χ0v) is 30.0. The lowest BCUT2D eigenvalue weighted by molar-refractivity contribution is -0.0577. The van der Waals surface area contributed by atoms with Gasteiger partial charge in [0.2, 0.25) is 0 Å². The minimum atomic E-state index is -5.73. The molecule has 0 heterocycles. The summed E-state index contributed by atoms with van der Waals surface area (Å²) in [4.78, 5) is 39.3. The SMILES string of the molecule is CC(C)=CCCC(C)=CCCC(C)=CCOP(=O)(O)OP(=O)(O)OC(O)(C=C(C)CCC=C(C)CCC=C(C)C)P(=O)(O)O. The third kappa shape index (κ3) is 20.8. The average molecular weight is 683 g/mol. The zero-order chi connectivity index (χ0) is 34.2. The third-order valence-electron chi connectivity index (χ3n) is 6.22. The van der Waals surface area contributed by atoms with Crippen LogP contribution in [-0.2, 0) is 27.1 Å². The van der Waals surface area contributed by atoms with E-state index >= 15 is 0 Å². The van der Waals surface area contributed by atoms with Gasteiger partial charge in [-0.1, -0.05) is 63.8 Å². The summed E-state index contributed by atoms with van der Waals surface area (Å²) in [6, 6.07) is 0. The van der Waals surface area contributed by atoms with Gasteiger partial charge in [-0.3, -0.25) is 9.09 Å². The first-order valence-corrected chi connectivity index (χ1v) is 19.1. The number of hydrogen-bond donors (Lipinski definition) is 5. The molecule has 0 bridgehead atoms. The summed E-state index contributed by atoms with van der Waals surface area (Å²) in [5.41, 5.74) is 2.29. The van der Waals surface area contributed by atoms with E-state index in [4.69, 9.17) is 4.52 Å². The van der Waals surface area contributed by atoms with Crippen LogP contribution in [0.5, 0.6) is 0 Å². The molecule has 0 amide bonds. The Labute approximate surface area is 263 Å². The normalized spacial score (nSPS) is 17.8. The lowest BCUT2D eigenvalue weighted by atomic mass is 10.1. The highest BCUT2D eigenvalue weighted by Gasteiger charge is 2.52. The number of aliphatic hydroxyl groups is 1. The maximum Gasteiger partial charge on any atom is 0.484 e. The molecule has 11 nitrogen and oxygen atoms in total. The summed E-state index contributed by atoms with van der Waals surface area (Å²) in [5, 5.41) is 10.5. The van der Waals surface area contributed by atoms with Crippen LogP contribution >= 0.6 is 23.2 Å². The summed E-state index contributed by atoms with van der Waals surface area (Å²) in [6.45, 7) is 14.9. The van der Waals surface area contributed by atoms with E-state index in [0.29, 0.717) is 18.9 Å². The molecule has 0 radical (unpaired) electrons. The molecule has 0 aromatic rings. The molecule has 0 aliphatic heterocycles. The Kier molecular flexibility index (Phi) is 19.6. The van der Waals surface area contributed by atoms with Crippen molar-refractivity contribution in [2.45, 2.75) is 112 Å². The summed E-state index contributed by atoms with van der Waals surface area (Å²) in [6.07, 6.45) is 16.1. The van der Waals surface area contributed by atoms with E-state index in [9.17, 15) is 38.4 Å². The van der Waals surface area contributed by atoms with E-state index < -0.39 is 35.4 Å². The molecule has 0 saturated carbocycles. The summed E-state index contributed by atoms with van der Waals surface area (Å²) in [7, 11) is -16.6. The van der Waals surface area contributed by atoms with Gasteiger partial charge in [-0.2, -0.15) is 4.31 Å². The molecule has 0 aliphatic carbocycles. The highest BCUT2D eigenvalue weighted by Crippen LogP contribution is 2.66. The standard InChI is InChI=1S/C30H53O11P3/c1-24(2)13-9-15-26(5)17-11-19-28(7)21-22-39-43(35,36)41-44(37,38)40-30(31,42(32,33)34)23-29(8)20-12-18-27(6)16-10-14-25(3)4/h13-14,17-18,21,23,31H,9-12,15-16,19-20,22H2,1-8H3,(H,35,36)(H,37,38)(H2,32,33,34). The van der Waals surface area contributed by atoms with Gasteiger partial charge in [-0.25, -0.2) is 13.7 Å². The van der Waals surface area contributed by atoms with Crippen LogP contribution in [0.4, 0.5) is 0 Å². The Balaban J connectivity index is 5.22. The van der Waals surface area contributed by atoms with Crippen LogP contribution in [0.25, 0.3) is 0 Å². The van der Waals surface area contributed by atoms with Crippen LogP contribution < -0.4 is 0 Å². The molecule has 0 rings (SSSR count). The van der Waals surface area contributed by atoms with Crippen LogP contribution in [-0.4, -0.2) is 36.8 Å². The van der Waals surface area contributed by atoms with Crippen LogP contribution in [0.1, 0.15) is 107 Å². The molecule has 3 unspecified atom stereocenters. The molecule has 44 heavy (non-hydrogen) atoms. The molecule has 14 heteroatoms. The fourth-order valence-corrected chi connectivity index (χ4v) is 6.89. The Bertz CT molecular complexity index is 1250.